The van der Waals surface area contributed by atoms with Crippen LogP contribution in [0.1, 0.15) is 64.2 Å². The highest BCUT2D eigenvalue weighted by Crippen LogP contribution is 2.26. The number of carbonyl (C=O) groups excluding carboxylic acids is 2. The quantitative estimate of drug-likeness (QED) is 0.775. The van der Waals surface area contributed by atoms with Crippen molar-refractivity contribution in [2.45, 2.75) is 59.4 Å². The maximum Gasteiger partial charge on any atom is 0.220 e. The number of Topliss-reactive ketones (excluding diaryl/α,β-unsaturated/α-hetero) is 1. The van der Waals surface area contributed by atoms with Gasteiger partial charge in [0.25, 0.3) is 0 Å². The second kappa shape index (κ2) is 7.28. The summed E-state index contributed by atoms with van der Waals surface area (Å²) in [6.07, 6.45) is 1.28. The van der Waals surface area contributed by atoms with Crippen molar-refractivity contribution >= 4 is 23.3 Å². The fraction of sp³-hybridized carbons (Fsp3) is 0.556. The predicted molar refractivity (Wildman–Crippen MR) is 91.3 cm³/mol. The van der Waals surface area contributed by atoms with Crippen LogP contribution in [0.15, 0.2) is 24.3 Å². The number of benzene rings is 1. The van der Waals surface area contributed by atoms with E-state index in [2.05, 4.69) is 26.1 Å². The van der Waals surface area contributed by atoms with Crippen molar-refractivity contribution in [1.29, 1.82) is 0 Å². The molecule has 0 saturated carbocycles. The molecular formula is C18H26ClNO2. The van der Waals surface area contributed by atoms with E-state index in [1.807, 2.05) is 13.8 Å². The van der Waals surface area contributed by atoms with Crippen molar-refractivity contribution in [3.8, 4) is 0 Å². The van der Waals surface area contributed by atoms with Crippen molar-refractivity contribution in [3.63, 3.8) is 0 Å². The Morgan fingerprint density at radius 1 is 1.00 bits per heavy atom. The summed E-state index contributed by atoms with van der Waals surface area (Å²) in [5.41, 5.74) is 0.445. The second-order valence-electron chi connectivity index (χ2n) is 7.60. The molecule has 3 nitrogen and oxygen atoms in total. The molecule has 1 amide bonds. The van der Waals surface area contributed by atoms with Gasteiger partial charge in [0.1, 0.15) is 0 Å². The van der Waals surface area contributed by atoms with Crippen LogP contribution in [0.25, 0.3) is 0 Å². The minimum absolute atomic E-state index is 0.0413. The average molecular weight is 324 g/mol. The Morgan fingerprint density at radius 3 is 2.05 bits per heavy atom. The molecule has 1 aromatic carbocycles. The highest BCUT2D eigenvalue weighted by Gasteiger charge is 2.26. The number of amides is 1. The Morgan fingerprint density at radius 2 is 1.55 bits per heavy atom. The molecule has 0 aliphatic carbocycles. The van der Waals surface area contributed by atoms with Crippen molar-refractivity contribution in [2.24, 2.45) is 5.41 Å². The number of rotatable bonds is 6. The zero-order chi connectivity index (χ0) is 17.0. The molecule has 122 valence electrons. The van der Waals surface area contributed by atoms with Crippen molar-refractivity contribution in [1.82, 2.24) is 5.32 Å². The minimum Gasteiger partial charge on any atom is -0.351 e. The van der Waals surface area contributed by atoms with Crippen LogP contribution >= 0.6 is 11.6 Å². The zero-order valence-corrected chi connectivity index (χ0v) is 14.9. The maximum atomic E-state index is 12.0. The monoisotopic (exact) mass is 323 g/mol. The number of hydrogen-bond acceptors (Lipinski definition) is 2. The number of hydrogen-bond donors (Lipinski definition) is 1. The van der Waals surface area contributed by atoms with Crippen molar-refractivity contribution in [2.75, 3.05) is 0 Å². The van der Waals surface area contributed by atoms with Gasteiger partial charge in [-0.3, -0.25) is 9.59 Å². The van der Waals surface area contributed by atoms with E-state index in [1.54, 1.807) is 24.3 Å². The topological polar surface area (TPSA) is 46.2 Å². The maximum absolute atomic E-state index is 12.0. The molecule has 0 unspecified atom stereocenters. The van der Waals surface area contributed by atoms with Crippen LogP contribution in [0.4, 0.5) is 0 Å². The summed E-state index contributed by atoms with van der Waals surface area (Å²) in [5.74, 6) is -0.128. The lowest BCUT2D eigenvalue weighted by molar-refractivity contribution is -0.122. The Labute approximate surface area is 138 Å². The lowest BCUT2D eigenvalue weighted by Gasteiger charge is -2.33. The van der Waals surface area contributed by atoms with E-state index < -0.39 is 0 Å². The third-order valence-electron chi connectivity index (χ3n) is 3.20. The highest BCUT2D eigenvalue weighted by molar-refractivity contribution is 6.30. The van der Waals surface area contributed by atoms with Crippen LogP contribution in [0.3, 0.4) is 0 Å². The molecule has 1 rings (SSSR count). The SMILES string of the molecule is CC(C)(C)CC(C)(C)NC(=O)CCC(=O)c1ccc(Cl)cc1. The van der Waals surface area contributed by atoms with Gasteiger partial charge in [-0.25, -0.2) is 0 Å². The van der Waals surface area contributed by atoms with Gasteiger partial charge in [-0.1, -0.05) is 32.4 Å². The number of ketones is 1. The Kier molecular flexibility index (Phi) is 6.18. The standard InChI is InChI=1S/C18H26ClNO2/c1-17(2,3)12-18(4,5)20-16(22)11-10-15(21)13-6-8-14(19)9-7-13/h6-9H,10-12H2,1-5H3,(H,20,22). The van der Waals surface area contributed by atoms with Gasteiger partial charge in [-0.15, -0.1) is 0 Å². The normalized spacial score (nSPS) is 12.1. The Balaban J connectivity index is 2.49. The molecule has 0 aliphatic rings. The molecule has 0 radical (unpaired) electrons. The van der Waals surface area contributed by atoms with E-state index in [1.165, 1.54) is 0 Å². The molecule has 0 spiro atoms. The van der Waals surface area contributed by atoms with Crippen LogP contribution in [-0.4, -0.2) is 17.2 Å². The average Bonchev–Trinajstić information content (AvgIpc) is 2.33. The first-order chi connectivity index (χ1) is 9.98. The van der Waals surface area contributed by atoms with Crippen LogP contribution in [-0.2, 0) is 4.79 Å². The third-order valence-corrected chi connectivity index (χ3v) is 3.45. The Bertz CT molecular complexity index is 527. The van der Waals surface area contributed by atoms with Crippen LogP contribution in [0.2, 0.25) is 5.02 Å². The van der Waals surface area contributed by atoms with E-state index in [9.17, 15) is 9.59 Å². The zero-order valence-electron chi connectivity index (χ0n) is 14.1. The molecule has 0 heterocycles. The minimum atomic E-state index is -0.279. The van der Waals surface area contributed by atoms with Gasteiger partial charge in [0.05, 0.1) is 0 Å². The lowest BCUT2D eigenvalue weighted by Crippen LogP contribution is -2.45. The van der Waals surface area contributed by atoms with Gasteiger partial charge in [0.15, 0.2) is 5.78 Å². The smallest absolute Gasteiger partial charge is 0.220 e. The van der Waals surface area contributed by atoms with Gasteiger partial charge in [0, 0.05) is 29.0 Å². The molecule has 0 aliphatic heterocycles. The molecular weight excluding hydrogens is 298 g/mol. The first kappa shape index (κ1) is 18.7. The fourth-order valence-corrected chi connectivity index (χ4v) is 2.94. The number of carbonyl (C=O) groups is 2. The van der Waals surface area contributed by atoms with Crippen LogP contribution in [0, 0.1) is 5.41 Å². The van der Waals surface area contributed by atoms with E-state index >= 15 is 0 Å². The molecule has 4 heteroatoms. The predicted octanol–water partition coefficient (Wildman–Crippen LogP) is 4.63. The molecule has 0 saturated heterocycles. The number of halogens is 1. The molecule has 0 bridgehead atoms. The van der Waals surface area contributed by atoms with Gasteiger partial charge < -0.3 is 5.32 Å². The summed E-state index contributed by atoms with van der Waals surface area (Å²) >= 11 is 5.79. The van der Waals surface area contributed by atoms with E-state index in [4.69, 9.17) is 11.6 Å². The fourth-order valence-electron chi connectivity index (χ4n) is 2.82. The lowest BCUT2D eigenvalue weighted by atomic mass is 9.81. The van der Waals surface area contributed by atoms with Crippen molar-refractivity contribution in [3.05, 3.63) is 34.9 Å². The molecule has 1 aromatic rings. The summed E-state index contributed by atoms with van der Waals surface area (Å²) in [4.78, 5) is 24.1. The van der Waals surface area contributed by atoms with Crippen LogP contribution < -0.4 is 5.32 Å². The van der Waals surface area contributed by atoms with Gasteiger partial charge in [0.2, 0.25) is 5.91 Å². The first-order valence-corrected chi connectivity index (χ1v) is 7.96. The molecule has 0 fully saturated rings. The summed E-state index contributed by atoms with van der Waals surface area (Å²) in [5, 5.41) is 3.61. The summed E-state index contributed by atoms with van der Waals surface area (Å²) in [6, 6.07) is 6.74. The summed E-state index contributed by atoms with van der Waals surface area (Å²) in [6.45, 7) is 10.5. The third kappa shape index (κ3) is 7.08. The molecule has 22 heavy (non-hydrogen) atoms. The molecule has 1 N–H and O–H groups in total. The van der Waals surface area contributed by atoms with E-state index in [-0.39, 0.29) is 35.5 Å². The molecule has 0 atom stereocenters. The second-order valence-corrected chi connectivity index (χ2v) is 8.04. The van der Waals surface area contributed by atoms with E-state index in [0.717, 1.165) is 6.42 Å². The number of nitrogens with one attached hydrogen (secondary N) is 1. The van der Waals surface area contributed by atoms with Gasteiger partial charge in [-0.2, -0.15) is 0 Å². The van der Waals surface area contributed by atoms with Gasteiger partial charge >= 0.3 is 0 Å². The first-order valence-electron chi connectivity index (χ1n) is 7.58. The van der Waals surface area contributed by atoms with Gasteiger partial charge in [-0.05, 0) is 49.9 Å². The largest absolute Gasteiger partial charge is 0.351 e. The van der Waals surface area contributed by atoms with E-state index in [0.29, 0.717) is 10.6 Å². The molecule has 0 aromatic heterocycles. The summed E-state index contributed by atoms with van der Waals surface area (Å²) in [7, 11) is 0. The summed E-state index contributed by atoms with van der Waals surface area (Å²) < 4.78 is 0. The highest BCUT2D eigenvalue weighted by atomic mass is 35.5. The Hall–Kier alpha value is -1.35. The van der Waals surface area contributed by atoms with Crippen LogP contribution in [0.5, 0.6) is 0 Å². The van der Waals surface area contributed by atoms with Crippen molar-refractivity contribution < 1.29 is 9.59 Å².